The molecule has 2 saturated heterocycles. The average molecular weight is 437 g/mol. The van der Waals surface area contributed by atoms with Gasteiger partial charge in [0.15, 0.2) is 0 Å². The van der Waals surface area contributed by atoms with Crippen molar-refractivity contribution in [1.29, 1.82) is 0 Å². The summed E-state index contributed by atoms with van der Waals surface area (Å²) in [7, 11) is 0. The normalized spacial score (nSPS) is 23.1. The molecule has 0 bridgehead atoms. The van der Waals surface area contributed by atoms with Crippen LogP contribution < -0.4 is 5.32 Å². The minimum atomic E-state index is 0.546. The third-order valence-electron chi connectivity index (χ3n) is 6.56. The summed E-state index contributed by atoms with van der Waals surface area (Å²) in [5, 5.41) is 4.82. The Labute approximate surface area is 183 Å². The van der Waals surface area contributed by atoms with Gasteiger partial charge in [-0.3, -0.25) is 4.90 Å². The van der Waals surface area contributed by atoms with E-state index in [0.29, 0.717) is 18.0 Å². The Morgan fingerprint density at radius 3 is 2.97 bits per heavy atom. The number of nitrogens with one attached hydrogen (secondary N) is 1. The quantitative estimate of drug-likeness (QED) is 0.450. The van der Waals surface area contributed by atoms with E-state index >= 15 is 0 Å². The second kappa shape index (κ2) is 7.57. The van der Waals surface area contributed by atoms with E-state index in [4.69, 9.17) is 4.74 Å². The summed E-state index contributed by atoms with van der Waals surface area (Å²) in [6.07, 6.45) is 4.42. The van der Waals surface area contributed by atoms with Crippen LogP contribution in [0.15, 0.2) is 42.0 Å². The van der Waals surface area contributed by atoms with Crippen LogP contribution in [0.1, 0.15) is 30.6 Å². The Morgan fingerprint density at radius 1 is 1.17 bits per heavy atom. The Balaban J connectivity index is 1.31. The van der Waals surface area contributed by atoms with Crippen molar-refractivity contribution in [3.63, 3.8) is 0 Å². The molecular weight excluding hydrogens is 412 g/mol. The molecule has 0 unspecified atom stereocenters. The first-order chi connectivity index (χ1) is 14.8. The van der Waals surface area contributed by atoms with Crippen LogP contribution in [-0.2, 0) is 4.74 Å². The molecule has 0 aliphatic carbocycles. The van der Waals surface area contributed by atoms with Gasteiger partial charge in [-0.2, -0.15) is 0 Å². The van der Waals surface area contributed by atoms with Gasteiger partial charge in [-0.15, -0.1) is 22.7 Å². The maximum absolute atomic E-state index is 5.46. The van der Waals surface area contributed by atoms with Gasteiger partial charge in [0.1, 0.15) is 4.83 Å². The molecule has 1 N–H and O–H groups in total. The molecule has 6 rings (SSSR count). The lowest BCUT2D eigenvalue weighted by Gasteiger charge is -2.46. The summed E-state index contributed by atoms with van der Waals surface area (Å²) in [4.78, 5) is 14.4. The highest BCUT2D eigenvalue weighted by atomic mass is 32.1. The number of aromatic nitrogens is 2. The molecule has 5 nitrogen and oxygen atoms in total. The van der Waals surface area contributed by atoms with Crippen molar-refractivity contribution < 1.29 is 4.74 Å². The zero-order valence-electron chi connectivity index (χ0n) is 16.9. The number of benzene rings is 1. The van der Waals surface area contributed by atoms with Crippen LogP contribution in [0.5, 0.6) is 0 Å². The lowest BCUT2D eigenvalue weighted by molar-refractivity contribution is -0.0877. The van der Waals surface area contributed by atoms with Crippen LogP contribution in [0.3, 0.4) is 0 Å². The Bertz CT molecular complexity index is 1200. The first-order valence-electron chi connectivity index (χ1n) is 10.6. The van der Waals surface area contributed by atoms with E-state index < -0.39 is 0 Å². The molecule has 0 radical (unpaired) electrons. The zero-order chi connectivity index (χ0) is 20.1. The minimum absolute atomic E-state index is 0.546. The number of fused-ring (bicyclic) bond motifs is 2. The van der Waals surface area contributed by atoms with Crippen LogP contribution in [0.25, 0.3) is 20.4 Å². The summed E-state index contributed by atoms with van der Waals surface area (Å²) < 4.78 is 6.67. The van der Waals surface area contributed by atoms with Gasteiger partial charge in [-0.25, -0.2) is 9.97 Å². The zero-order valence-corrected chi connectivity index (χ0v) is 18.5. The molecule has 3 aromatic heterocycles. The van der Waals surface area contributed by atoms with Crippen LogP contribution in [-0.4, -0.2) is 46.7 Å². The van der Waals surface area contributed by atoms with E-state index in [0.717, 1.165) is 34.9 Å². The molecule has 7 heteroatoms. The van der Waals surface area contributed by atoms with Gasteiger partial charge >= 0.3 is 0 Å². The molecule has 2 fully saturated rings. The van der Waals surface area contributed by atoms with Crippen molar-refractivity contribution in [2.45, 2.75) is 37.8 Å². The van der Waals surface area contributed by atoms with Crippen molar-refractivity contribution in [1.82, 2.24) is 14.9 Å². The lowest BCUT2D eigenvalue weighted by atomic mass is 9.87. The number of rotatable bonds is 4. The summed E-state index contributed by atoms with van der Waals surface area (Å²) in [5.41, 5.74) is 5.12. The van der Waals surface area contributed by atoms with Crippen LogP contribution >= 0.6 is 22.7 Å². The molecule has 2 aliphatic heterocycles. The molecule has 0 spiro atoms. The van der Waals surface area contributed by atoms with Gasteiger partial charge in [0.05, 0.1) is 40.7 Å². The average Bonchev–Trinajstić information content (AvgIpc) is 3.35. The van der Waals surface area contributed by atoms with Crippen LogP contribution in [0.2, 0.25) is 0 Å². The molecule has 2 aliphatic rings. The van der Waals surface area contributed by atoms with Gasteiger partial charge in [0.2, 0.25) is 0 Å². The topological polar surface area (TPSA) is 50.3 Å². The van der Waals surface area contributed by atoms with Crippen LogP contribution in [0, 0.1) is 0 Å². The molecule has 1 aromatic carbocycles. The third kappa shape index (κ3) is 3.21. The molecule has 30 heavy (non-hydrogen) atoms. The molecule has 2 atom stereocenters. The van der Waals surface area contributed by atoms with E-state index in [1.807, 2.05) is 23.0 Å². The number of hydrogen-bond donors (Lipinski definition) is 1. The van der Waals surface area contributed by atoms with Crippen molar-refractivity contribution in [3.05, 3.63) is 46.9 Å². The van der Waals surface area contributed by atoms with Gasteiger partial charge in [-0.05, 0) is 56.6 Å². The molecule has 0 amide bonds. The maximum Gasteiger partial charge on any atom is 0.125 e. The number of thiazole rings is 1. The summed E-state index contributed by atoms with van der Waals surface area (Å²) >= 11 is 3.53. The van der Waals surface area contributed by atoms with Crippen molar-refractivity contribution in [3.8, 4) is 0 Å². The van der Waals surface area contributed by atoms with Crippen molar-refractivity contribution in [2.75, 3.05) is 25.1 Å². The molecule has 0 saturated carbocycles. The molecule has 154 valence electrons. The first kappa shape index (κ1) is 18.7. The number of nitrogens with zero attached hydrogens (tertiary/aromatic N) is 3. The van der Waals surface area contributed by atoms with E-state index in [1.165, 1.54) is 34.3 Å². The van der Waals surface area contributed by atoms with Crippen LogP contribution in [0.4, 0.5) is 11.4 Å². The Morgan fingerprint density at radius 2 is 2.10 bits per heavy atom. The standard InChI is InChI=1S/C23H24N4OS2/c1-14-17(3-2-8-27(14)16-11-28-12-16)22-10-18-19(6-7-24-23(18)30-22)26-15-4-5-21-20(9-15)25-13-29-21/h4-7,9-10,13-14,16-17H,2-3,8,11-12H2,1H3,(H,24,26)/t14-,17+/m1/s1. The van der Waals surface area contributed by atoms with Gasteiger partial charge in [0.25, 0.3) is 0 Å². The predicted octanol–water partition coefficient (Wildman–Crippen LogP) is 5.62. The number of pyridine rings is 1. The fourth-order valence-corrected chi connectivity index (χ4v) is 6.74. The summed E-state index contributed by atoms with van der Waals surface area (Å²) in [6.45, 7) is 5.37. The fraction of sp³-hybridized carbons (Fsp3) is 0.391. The lowest BCUT2D eigenvalue weighted by Crippen LogP contribution is -2.56. The number of hydrogen-bond acceptors (Lipinski definition) is 7. The van der Waals surface area contributed by atoms with E-state index in [1.54, 1.807) is 11.3 Å². The number of piperidine rings is 1. The number of thiophene rings is 1. The highest BCUT2D eigenvalue weighted by Crippen LogP contribution is 2.41. The Hall–Kier alpha value is -2.06. The van der Waals surface area contributed by atoms with E-state index in [2.05, 4.69) is 57.4 Å². The summed E-state index contributed by atoms with van der Waals surface area (Å²) in [6, 6.07) is 12.0. The largest absolute Gasteiger partial charge is 0.378 e. The minimum Gasteiger partial charge on any atom is -0.378 e. The SMILES string of the molecule is C[C@@H]1[C@@H](c2cc3c(Nc4ccc5scnc5c4)ccnc3s2)CCCN1C1COC1. The van der Waals surface area contributed by atoms with Gasteiger partial charge < -0.3 is 10.1 Å². The third-order valence-corrected chi connectivity index (χ3v) is 8.54. The smallest absolute Gasteiger partial charge is 0.125 e. The van der Waals surface area contributed by atoms with E-state index in [9.17, 15) is 0 Å². The number of anilines is 2. The van der Waals surface area contributed by atoms with Gasteiger partial charge in [-0.1, -0.05) is 0 Å². The molecule has 5 heterocycles. The maximum atomic E-state index is 5.46. The van der Waals surface area contributed by atoms with Gasteiger partial charge in [0, 0.05) is 34.1 Å². The number of likely N-dealkylation sites (tertiary alicyclic amines) is 1. The second-order valence-electron chi connectivity index (χ2n) is 8.30. The van der Waals surface area contributed by atoms with E-state index in [-0.39, 0.29) is 0 Å². The highest BCUT2D eigenvalue weighted by Gasteiger charge is 2.37. The highest BCUT2D eigenvalue weighted by molar-refractivity contribution is 7.18. The monoisotopic (exact) mass is 436 g/mol. The molecule has 4 aromatic rings. The fourth-order valence-electron chi connectivity index (χ4n) is 4.82. The summed E-state index contributed by atoms with van der Waals surface area (Å²) in [5.74, 6) is 0.567. The number of ether oxygens (including phenoxy) is 1. The van der Waals surface area contributed by atoms with Crippen molar-refractivity contribution >= 4 is 54.5 Å². The van der Waals surface area contributed by atoms with Crippen molar-refractivity contribution in [2.24, 2.45) is 0 Å². The Kier molecular flexibility index (Phi) is 4.71. The molecular formula is C23H24N4OS2. The first-order valence-corrected chi connectivity index (χ1v) is 12.3. The predicted molar refractivity (Wildman–Crippen MR) is 125 cm³/mol. The second-order valence-corrected chi connectivity index (χ2v) is 10.3.